The Morgan fingerprint density at radius 1 is 1.16 bits per heavy atom. The topological polar surface area (TPSA) is 80.5 Å². The summed E-state index contributed by atoms with van der Waals surface area (Å²) >= 11 is 0. The van der Waals surface area contributed by atoms with E-state index in [-0.39, 0.29) is 6.03 Å². The van der Waals surface area contributed by atoms with Gasteiger partial charge in [-0.05, 0) is 31.0 Å². The summed E-state index contributed by atoms with van der Waals surface area (Å²) in [7, 11) is 1.62. The normalized spacial score (nSPS) is 16.4. The SMILES string of the molecule is CCCCN1C(=O)NC(c2cccc(OC)c2)C(c2nc(-c3ccccc3)no2)=C1C. The zero-order valence-electron chi connectivity index (χ0n) is 18.0. The molecule has 0 spiro atoms. The van der Waals surface area contributed by atoms with Crippen molar-refractivity contribution in [2.24, 2.45) is 0 Å². The number of nitrogens with one attached hydrogen (secondary N) is 1. The van der Waals surface area contributed by atoms with Gasteiger partial charge in [-0.15, -0.1) is 0 Å². The predicted molar refractivity (Wildman–Crippen MR) is 118 cm³/mol. The second kappa shape index (κ2) is 9.04. The van der Waals surface area contributed by atoms with E-state index in [1.807, 2.05) is 61.5 Å². The minimum Gasteiger partial charge on any atom is -0.497 e. The first-order valence-corrected chi connectivity index (χ1v) is 10.4. The molecule has 2 amide bonds. The van der Waals surface area contributed by atoms with Gasteiger partial charge in [0.25, 0.3) is 5.89 Å². The van der Waals surface area contributed by atoms with Crippen LogP contribution in [0.1, 0.15) is 44.2 Å². The maximum atomic E-state index is 12.9. The van der Waals surface area contributed by atoms with Crippen molar-refractivity contribution in [1.82, 2.24) is 20.4 Å². The fourth-order valence-electron chi connectivity index (χ4n) is 3.75. The highest BCUT2D eigenvalue weighted by Gasteiger charge is 2.35. The molecule has 0 aliphatic carbocycles. The molecule has 2 heterocycles. The van der Waals surface area contributed by atoms with Gasteiger partial charge >= 0.3 is 6.03 Å². The summed E-state index contributed by atoms with van der Waals surface area (Å²) in [5, 5.41) is 7.30. The third kappa shape index (κ3) is 4.17. The van der Waals surface area contributed by atoms with Crippen molar-refractivity contribution in [1.29, 1.82) is 0 Å². The van der Waals surface area contributed by atoms with Crippen LogP contribution in [0.4, 0.5) is 4.79 Å². The molecule has 1 N–H and O–H groups in total. The Balaban J connectivity index is 1.80. The van der Waals surface area contributed by atoms with E-state index in [1.54, 1.807) is 12.0 Å². The van der Waals surface area contributed by atoms with Gasteiger partial charge in [0.15, 0.2) is 0 Å². The van der Waals surface area contributed by atoms with Gasteiger partial charge in [0.05, 0.1) is 18.7 Å². The minimum atomic E-state index is -0.426. The molecule has 0 radical (unpaired) electrons. The van der Waals surface area contributed by atoms with Gasteiger partial charge in [-0.3, -0.25) is 4.90 Å². The lowest BCUT2D eigenvalue weighted by molar-refractivity contribution is 0.204. The maximum absolute atomic E-state index is 12.9. The van der Waals surface area contributed by atoms with Gasteiger partial charge in [-0.2, -0.15) is 4.98 Å². The zero-order chi connectivity index (χ0) is 21.8. The van der Waals surface area contributed by atoms with Crippen LogP contribution in [0.5, 0.6) is 5.75 Å². The van der Waals surface area contributed by atoms with Crippen molar-refractivity contribution < 1.29 is 14.1 Å². The molecule has 1 atom stereocenters. The monoisotopic (exact) mass is 418 g/mol. The van der Waals surface area contributed by atoms with Crippen LogP contribution < -0.4 is 10.1 Å². The molecular weight excluding hydrogens is 392 g/mol. The van der Waals surface area contributed by atoms with E-state index in [1.165, 1.54) is 0 Å². The standard InChI is InChI=1S/C24H26N4O3/c1-4-5-14-28-16(2)20(23-26-22(27-31-23)17-10-7-6-8-11-17)21(25-24(28)29)18-12-9-13-19(15-18)30-3/h6-13,15,21H,4-5,14H2,1-3H3,(H,25,29). The molecule has 1 aliphatic heterocycles. The molecule has 160 valence electrons. The van der Waals surface area contributed by atoms with E-state index in [2.05, 4.69) is 22.4 Å². The first kappa shape index (κ1) is 20.7. The summed E-state index contributed by atoms with van der Waals surface area (Å²) < 4.78 is 11.1. The Morgan fingerprint density at radius 2 is 1.97 bits per heavy atom. The molecule has 3 aromatic rings. The van der Waals surface area contributed by atoms with Gasteiger partial charge in [0.1, 0.15) is 5.75 Å². The summed E-state index contributed by atoms with van der Waals surface area (Å²) in [5.41, 5.74) is 3.36. The van der Waals surface area contributed by atoms with E-state index in [4.69, 9.17) is 9.26 Å². The first-order chi connectivity index (χ1) is 15.1. The zero-order valence-corrected chi connectivity index (χ0v) is 18.0. The van der Waals surface area contributed by atoms with E-state index in [9.17, 15) is 4.79 Å². The number of carbonyl (C=O) groups excluding carboxylic acids is 1. The molecule has 1 unspecified atom stereocenters. The lowest BCUT2D eigenvalue weighted by atomic mass is 9.94. The number of nitrogens with zero attached hydrogens (tertiary/aromatic N) is 3. The number of urea groups is 1. The number of rotatable bonds is 7. The van der Waals surface area contributed by atoms with Crippen molar-refractivity contribution in [3.05, 3.63) is 71.7 Å². The molecule has 0 saturated carbocycles. The average Bonchev–Trinajstić information content (AvgIpc) is 3.29. The summed E-state index contributed by atoms with van der Waals surface area (Å²) in [6.07, 6.45) is 1.89. The number of carbonyl (C=O) groups is 1. The Morgan fingerprint density at radius 3 is 2.71 bits per heavy atom. The van der Waals surface area contributed by atoms with Gasteiger partial charge in [-0.1, -0.05) is 61.0 Å². The fourth-order valence-corrected chi connectivity index (χ4v) is 3.75. The number of hydrogen-bond acceptors (Lipinski definition) is 5. The second-order valence-corrected chi connectivity index (χ2v) is 7.45. The van der Waals surface area contributed by atoms with E-state index >= 15 is 0 Å². The molecule has 1 aromatic heterocycles. The third-order valence-corrected chi connectivity index (χ3v) is 5.45. The molecule has 4 rings (SSSR count). The average molecular weight is 418 g/mol. The lowest BCUT2D eigenvalue weighted by Gasteiger charge is -2.35. The van der Waals surface area contributed by atoms with E-state index < -0.39 is 6.04 Å². The van der Waals surface area contributed by atoms with E-state index in [0.717, 1.165) is 35.2 Å². The van der Waals surface area contributed by atoms with E-state index in [0.29, 0.717) is 24.0 Å². The number of methoxy groups -OCH3 is 1. The van der Waals surface area contributed by atoms with Crippen molar-refractivity contribution >= 4 is 11.6 Å². The summed E-state index contributed by atoms with van der Waals surface area (Å²) in [5.74, 6) is 1.62. The molecule has 7 nitrogen and oxygen atoms in total. The quantitative estimate of drug-likeness (QED) is 0.581. The first-order valence-electron chi connectivity index (χ1n) is 10.4. The number of ether oxygens (including phenoxy) is 1. The van der Waals surface area contributed by atoms with Crippen LogP contribution in [0.3, 0.4) is 0 Å². The number of hydrogen-bond donors (Lipinski definition) is 1. The highest BCUT2D eigenvalue weighted by atomic mass is 16.5. The molecule has 1 aliphatic rings. The van der Waals surface area contributed by atoms with Crippen LogP contribution in [0.2, 0.25) is 0 Å². The highest BCUT2D eigenvalue weighted by molar-refractivity contribution is 5.87. The molecule has 2 aromatic carbocycles. The molecular formula is C24H26N4O3. The van der Waals surface area contributed by atoms with Gasteiger partial charge < -0.3 is 14.6 Å². The molecule has 0 fully saturated rings. The third-order valence-electron chi connectivity index (χ3n) is 5.45. The second-order valence-electron chi connectivity index (χ2n) is 7.45. The van der Waals surface area contributed by atoms with Gasteiger partial charge in [0, 0.05) is 17.8 Å². The summed E-state index contributed by atoms with van der Waals surface area (Å²) in [6, 6.07) is 16.8. The number of amides is 2. The van der Waals surface area contributed by atoms with Crippen molar-refractivity contribution in [2.45, 2.75) is 32.7 Å². The minimum absolute atomic E-state index is 0.134. The Kier molecular flexibility index (Phi) is 6.02. The van der Waals surface area contributed by atoms with Crippen LogP contribution in [0.15, 0.2) is 64.8 Å². The predicted octanol–water partition coefficient (Wildman–Crippen LogP) is 5.04. The molecule has 0 saturated heterocycles. The van der Waals surface area contributed by atoms with Crippen molar-refractivity contribution in [3.63, 3.8) is 0 Å². The summed E-state index contributed by atoms with van der Waals surface area (Å²) in [6.45, 7) is 4.66. The highest BCUT2D eigenvalue weighted by Crippen LogP contribution is 2.38. The lowest BCUT2D eigenvalue weighted by Crippen LogP contribution is -2.46. The van der Waals surface area contributed by atoms with Crippen LogP contribution in [-0.4, -0.2) is 34.7 Å². The fraction of sp³-hybridized carbons (Fsp3) is 0.292. The Bertz CT molecular complexity index is 1090. The summed E-state index contributed by atoms with van der Waals surface area (Å²) in [4.78, 5) is 19.4. The van der Waals surface area contributed by atoms with Crippen LogP contribution >= 0.6 is 0 Å². The molecule has 0 bridgehead atoms. The number of allylic oxidation sites excluding steroid dienone is 1. The van der Waals surface area contributed by atoms with Crippen LogP contribution in [-0.2, 0) is 0 Å². The number of aromatic nitrogens is 2. The largest absolute Gasteiger partial charge is 0.497 e. The van der Waals surface area contributed by atoms with Gasteiger partial charge in [0.2, 0.25) is 5.82 Å². The van der Waals surface area contributed by atoms with Crippen molar-refractivity contribution in [3.8, 4) is 17.1 Å². The Hall–Kier alpha value is -3.61. The Labute approximate surface area is 181 Å². The van der Waals surface area contributed by atoms with Crippen LogP contribution in [0.25, 0.3) is 17.0 Å². The van der Waals surface area contributed by atoms with Crippen LogP contribution in [0, 0.1) is 0 Å². The molecule has 31 heavy (non-hydrogen) atoms. The maximum Gasteiger partial charge on any atom is 0.322 e. The van der Waals surface area contributed by atoms with Crippen molar-refractivity contribution in [2.75, 3.05) is 13.7 Å². The smallest absolute Gasteiger partial charge is 0.322 e. The number of benzene rings is 2. The molecule has 7 heteroatoms. The number of unbranched alkanes of at least 4 members (excludes halogenated alkanes) is 1. The van der Waals surface area contributed by atoms with Gasteiger partial charge in [-0.25, -0.2) is 4.79 Å².